The summed E-state index contributed by atoms with van der Waals surface area (Å²) < 4.78 is 6.19. The number of aldehydes is 1. The first-order valence-electron chi connectivity index (χ1n) is 9.96. The van der Waals surface area contributed by atoms with Crippen LogP contribution in [0.5, 0.6) is 5.75 Å². The van der Waals surface area contributed by atoms with E-state index in [2.05, 4.69) is 54.6 Å². The van der Waals surface area contributed by atoms with E-state index in [-0.39, 0.29) is 0 Å². The van der Waals surface area contributed by atoms with Crippen LogP contribution < -0.4 is 15.3 Å². The van der Waals surface area contributed by atoms with Gasteiger partial charge in [0.05, 0.1) is 0 Å². The zero-order valence-corrected chi connectivity index (χ0v) is 17.6. The molecule has 0 fully saturated rings. The van der Waals surface area contributed by atoms with Crippen molar-refractivity contribution in [3.63, 3.8) is 0 Å². The SMILES string of the molecule is O=Cc1ccccc1Pc1cc(Cc2ccccc2)ccc1OCc1ccccc1. The van der Waals surface area contributed by atoms with E-state index in [4.69, 9.17) is 4.74 Å². The summed E-state index contributed by atoms with van der Waals surface area (Å²) in [4.78, 5) is 11.5. The molecule has 4 rings (SSSR count). The standard InChI is InChI=1S/C27H23O2P/c28-19-24-13-7-8-14-26(24)30-27-18-23(17-21-9-3-1-4-10-21)15-16-25(27)29-20-22-11-5-2-6-12-22/h1-16,18-19,30H,17,20H2. The van der Waals surface area contributed by atoms with Gasteiger partial charge in [-0.15, -0.1) is 0 Å². The second kappa shape index (κ2) is 10.0. The van der Waals surface area contributed by atoms with Gasteiger partial charge in [-0.3, -0.25) is 4.79 Å². The molecule has 0 saturated carbocycles. The van der Waals surface area contributed by atoms with Crippen molar-refractivity contribution in [1.29, 1.82) is 0 Å². The molecule has 0 radical (unpaired) electrons. The Balaban J connectivity index is 1.63. The minimum Gasteiger partial charge on any atom is -0.488 e. The van der Waals surface area contributed by atoms with E-state index >= 15 is 0 Å². The minimum absolute atomic E-state index is 0.350. The van der Waals surface area contributed by atoms with Gasteiger partial charge >= 0.3 is 0 Å². The van der Waals surface area contributed by atoms with E-state index in [9.17, 15) is 4.79 Å². The van der Waals surface area contributed by atoms with Crippen LogP contribution in [0.15, 0.2) is 103 Å². The normalized spacial score (nSPS) is 10.9. The van der Waals surface area contributed by atoms with E-state index < -0.39 is 0 Å². The van der Waals surface area contributed by atoms with Gasteiger partial charge in [0.25, 0.3) is 0 Å². The highest BCUT2D eigenvalue weighted by Crippen LogP contribution is 2.24. The Morgan fingerprint density at radius 3 is 2.07 bits per heavy atom. The molecule has 1 atom stereocenters. The van der Waals surface area contributed by atoms with E-state index in [1.54, 1.807) is 0 Å². The highest BCUT2D eigenvalue weighted by atomic mass is 31.1. The van der Waals surface area contributed by atoms with Gasteiger partial charge in [-0.05, 0) is 40.5 Å². The average molecular weight is 410 g/mol. The lowest BCUT2D eigenvalue weighted by Crippen LogP contribution is -2.12. The van der Waals surface area contributed by atoms with Crippen LogP contribution in [0.2, 0.25) is 0 Å². The van der Waals surface area contributed by atoms with Crippen molar-refractivity contribution in [3.8, 4) is 5.75 Å². The fourth-order valence-electron chi connectivity index (χ4n) is 3.34. The van der Waals surface area contributed by atoms with Crippen LogP contribution in [0.4, 0.5) is 0 Å². The van der Waals surface area contributed by atoms with Gasteiger partial charge in [0.2, 0.25) is 0 Å². The lowest BCUT2D eigenvalue weighted by molar-refractivity contribution is 0.112. The summed E-state index contributed by atoms with van der Waals surface area (Å²) in [6.45, 7) is 0.520. The number of hydrogen-bond donors (Lipinski definition) is 0. The molecule has 4 aromatic carbocycles. The molecule has 3 heteroatoms. The van der Waals surface area contributed by atoms with E-state index in [1.807, 2.05) is 48.5 Å². The Hall–Kier alpha value is -3.22. The molecule has 0 amide bonds. The van der Waals surface area contributed by atoms with Crippen LogP contribution in [-0.2, 0) is 13.0 Å². The number of carbonyl (C=O) groups excluding carboxylic acids is 1. The zero-order valence-electron chi connectivity index (χ0n) is 16.6. The van der Waals surface area contributed by atoms with Crippen molar-refractivity contribution in [2.45, 2.75) is 13.0 Å². The Labute approximate surface area is 179 Å². The summed E-state index contributed by atoms with van der Waals surface area (Å²) in [7, 11) is 0.350. The van der Waals surface area contributed by atoms with Gasteiger partial charge in [0.1, 0.15) is 12.4 Å². The summed E-state index contributed by atoms with van der Waals surface area (Å²) in [6, 6.07) is 34.8. The predicted molar refractivity (Wildman–Crippen MR) is 126 cm³/mol. The Kier molecular flexibility index (Phi) is 6.69. The van der Waals surface area contributed by atoms with Crippen molar-refractivity contribution in [2.24, 2.45) is 0 Å². The number of rotatable bonds is 8. The molecule has 0 aliphatic carbocycles. The number of carbonyl (C=O) groups is 1. The van der Waals surface area contributed by atoms with Crippen molar-refractivity contribution < 1.29 is 9.53 Å². The highest BCUT2D eigenvalue weighted by molar-refractivity contribution is 7.56. The van der Waals surface area contributed by atoms with Gasteiger partial charge in [0, 0.05) is 10.9 Å². The Morgan fingerprint density at radius 1 is 0.667 bits per heavy atom. The van der Waals surface area contributed by atoms with Gasteiger partial charge in [-0.2, -0.15) is 0 Å². The van der Waals surface area contributed by atoms with Gasteiger partial charge < -0.3 is 4.74 Å². The fourth-order valence-corrected chi connectivity index (χ4v) is 4.63. The minimum atomic E-state index is 0.350. The third-order valence-electron chi connectivity index (χ3n) is 4.89. The fraction of sp³-hybridized carbons (Fsp3) is 0.0741. The van der Waals surface area contributed by atoms with E-state index in [1.165, 1.54) is 11.1 Å². The van der Waals surface area contributed by atoms with Crippen LogP contribution in [-0.4, -0.2) is 6.29 Å². The maximum atomic E-state index is 11.5. The largest absolute Gasteiger partial charge is 0.488 e. The predicted octanol–water partition coefficient (Wildman–Crippen LogP) is 5.30. The highest BCUT2D eigenvalue weighted by Gasteiger charge is 2.10. The topological polar surface area (TPSA) is 26.3 Å². The zero-order chi connectivity index (χ0) is 20.6. The summed E-state index contributed by atoms with van der Waals surface area (Å²) >= 11 is 0. The molecule has 30 heavy (non-hydrogen) atoms. The maximum absolute atomic E-state index is 11.5. The van der Waals surface area contributed by atoms with Gasteiger partial charge in [-0.1, -0.05) is 99.6 Å². The third kappa shape index (κ3) is 5.23. The van der Waals surface area contributed by atoms with Crippen molar-refractivity contribution in [3.05, 3.63) is 125 Å². The molecule has 2 nitrogen and oxygen atoms in total. The molecule has 0 heterocycles. The average Bonchev–Trinajstić information content (AvgIpc) is 2.80. The van der Waals surface area contributed by atoms with E-state index in [0.29, 0.717) is 15.2 Å². The van der Waals surface area contributed by atoms with Gasteiger partial charge in [0.15, 0.2) is 6.29 Å². The van der Waals surface area contributed by atoms with Crippen LogP contribution in [0, 0.1) is 0 Å². The molecule has 0 bridgehead atoms. The monoisotopic (exact) mass is 410 g/mol. The molecule has 0 spiro atoms. The first kappa shape index (κ1) is 20.1. The van der Waals surface area contributed by atoms with Crippen LogP contribution in [0.1, 0.15) is 27.0 Å². The molecule has 4 aromatic rings. The molecule has 0 saturated heterocycles. The first-order chi connectivity index (χ1) is 14.8. The summed E-state index contributed by atoms with van der Waals surface area (Å²) in [6.07, 6.45) is 1.80. The molecule has 148 valence electrons. The quantitative estimate of drug-likeness (QED) is 0.291. The number of hydrogen-bond acceptors (Lipinski definition) is 2. The summed E-state index contributed by atoms with van der Waals surface area (Å²) in [5.74, 6) is 0.870. The van der Waals surface area contributed by atoms with E-state index in [0.717, 1.165) is 40.2 Å². The maximum Gasteiger partial charge on any atom is 0.150 e. The molecule has 0 aromatic heterocycles. The van der Waals surface area contributed by atoms with Crippen LogP contribution in [0.3, 0.4) is 0 Å². The second-order valence-corrected chi connectivity index (χ2v) is 8.42. The molecule has 1 unspecified atom stereocenters. The molecule has 0 aliphatic rings. The Morgan fingerprint density at radius 2 is 1.33 bits per heavy atom. The number of ether oxygens (including phenoxy) is 1. The smallest absolute Gasteiger partial charge is 0.150 e. The second-order valence-electron chi connectivity index (χ2n) is 7.10. The van der Waals surface area contributed by atoms with Crippen molar-refractivity contribution >= 4 is 25.5 Å². The summed E-state index contributed by atoms with van der Waals surface area (Å²) in [5, 5.41) is 2.16. The summed E-state index contributed by atoms with van der Waals surface area (Å²) in [5.41, 5.74) is 4.38. The van der Waals surface area contributed by atoms with Crippen molar-refractivity contribution in [2.75, 3.05) is 0 Å². The number of benzene rings is 4. The van der Waals surface area contributed by atoms with Crippen LogP contribution >= 0.6 is 8.58 Å². The molecule has 0 aliphatic heterocycles. The molecule has 0 N–H and O–H groups in total. The third-order valence-corrected chi connectivity index (χ3v) is 6.27. The molecular weight excluding hydrogens is 387 g/mol. The first-order valence-corrected chi connectivity index (χ1v) is 11.0. The Bertz CT molecular complexity index is 1110. The lowest BCUT2D eigenvalue weighted by Gasteiger charge is -2.15. The van der Waals surface area contributed by atoms with Gasteiger partial charge in [-0.25, -0.2) is 0 Å². The van der Waals surface area contributed by atoms with Crippen LogP contribution in [0.25, 0.3) is 0 Å². The van der Waals surface area contributed by atoms with Crippen molar-refractivity contribution in [1.82, 2.24) is 0 Å². The molecular formula is C27H23O2P. The lowest BCUT2D eigenvalue weighted by atomic mass is 10.1.